The maximum atomic E-state index is 9.69. The molecule has 4 nitrogen and oxygen atoms in total. The lowest BCUT2D eigenvalue weighted by Gasteiger charge is -2.49. The Morgan fingerprint density at radius 1 is 1.59 bits per heavy atom. The van der Waals surface area contributed by atoms with Crippen molar-refractivity contribution >= 4 is 15.9 Å². The third-order valence-electron chi connectivity index (χ3n) is 3.99. The summed E-state index contributed by atoms with van der Waals surface area (Å²) < 4.78 is 2.97. The van der Waals surface area contributed by atoms with Gasteiger partial charge < -0.3 is 10.4 Å². The molecule has 2 atom stereocenters. The molecule has 2 rings (SSSR count). The Morgan fingerprint density at radius 2 is 2.24 bits per heavy atom. The molecule has 1 aromatic rings. The van der Waals surface area contributed by atoms with Crippen LogP contribution in [0.1, 0.15) is 31.7 Å². The highest BCUT2D eigenvalue weighted by Crippen LogP contribution is 2.40. The van der Waals surface area contributed by atoms with Crippen molar-refractivity contribution in [2.75, 3.05) is 0 Å². The molecule has 1 fully saturated rings. The van der Waals surface area contributed by atoms with Crippen LogP contribution in [0.2, 0.25) is 0 Å². The van der Waals surface area contributed by atoms with Crippen LogP contribution in [0.3, 0.4) is 0 Å². The second kappa shape index (κ2) is 4.37. The smallest absolute Gasteiger partial charge is 0.0739 e. The maximum absolute atomic E-state index is 9.69. The highest BCUT2D eigenvalue weighted by atomic mass is 79.9. The SMILES string of the molecule is Cc1nn(C)c(CNC2CC(O)C2(C)C)c1Br. The van der Waals surface area contributed by atoms with Crippen LogP contribution in [0.25, 0.3) is 0 Å². The first-order chi connectivity index (χ1) is 7.84. The van der Waals surface area contributed by atoms with Crippen LogP contribution < -0.4 is 5.32 Å². The lowest BCUT2D eigenvalue weighted by Crippen LogP contribution is -2.59. The van der Waals surface area contributed by atoms with Crippen LogP contribution in [0.5, 0.6) is 0 Å². The molecule has 0 bridgehead atoms. The molecular weight excluding hydrogens is 282 g/mol. The summed E-state index contributed by atoms with van der Waals surface area (Å²) in [5.74, 6) is 0. The standard InChI is InChI=1S/C12H20BrN3O/c1-7-11(13)8(16(4)15-7)6-14-9-5-10(17)12(9,2)3/h9-10,14,17H,5-6H2,1-4H3. The minimum absolute atomic E-state index is 0.0277. The molecule has 0 saturated heterocycles. The summed E-state index contributed by atoms with van der Waals surface area (Å²) in [6.45, 7) is 6.97. The van der Waals surface area contributed by atoms with E-state index in [1.165, 1.54) is 0 Å². The Kier molecular flexibility index (Phi) is 3.36. The van der Waals surface area contributed by atoms with Gasteiger partial charge in [-0.05, 0) is 29.3 Å². The first-order valence-electron chi connectivity index (χ1n) is 5.93. The Labute approximate surface area is 111 Å². The lowest BCUT2D eigenvalue weighted by atomic mass is 9.64. The van der Waals surface area contributed by atoms with Crippen LogP contribution >= 0.6 is 15.9 Å². The number of halogens is 1. The summed E-state index contributed by atoms with van der Waals surface area (Å²) in [5.41, 5.74) is 2.14. The van der Waals surface area contributed by atoms with Gasteiger partial charge in [-0.1, -0.05) is 13.8 Å². The van der Waals surface area contributed by atoms with Gasteiger partial charge in [0.2, 0.25) is 0 Å². The molecule has 0 aliphatic heterocycles. The molecule has 0 radical (unpaired) electrons. The number of rotatable bonds is 3. The van der Waals surface area contributed by atoms with Crippen molar-refractivity contribution in [2.24, 2.45) is 12.5 Å². The number of aryl methyl sites for hydroxylation is 2. The minimum Gasteiger partial charge on any atom is -0.392 e. The number of nitrogens with zero attached hydrogens (tertiary/aromatic N) is 2. The molecule has 1 aromatic heterocycles. The zero-order valence-corrected chi connectivity index (χ0v) is 12.4. The summed E-state index contributed by atoms with van der Waals surface area (Å²) in [6.07, 6.45) is 0.651. The Morgan fingerprint density at radius 3 is 2.65 bits per heavy atom. The molecule has 2 N–H and O–H groups in total. The van der Waals surface area contributed by atoms with Gasteiger partial charge in [-0.15, -0.1) is 0 Å². The van der Waals surface area contributed by atoms with Crippen molar-refractivity contribution in [2.45, 2.75) is 45.9 Å². The third-order valence-corrected chi connectivity index (χ3v) is 5.02. The molecule has 1 aliphatic rings. The van der Waals surface area contributed by atoms with E-state index in [2.05, 4.69) is 40.2 Å². The van der Waals surface area contributed by atoms with E-state index >= 15 is 0 Å². The van der Waals surface area contributed by atoms with Gasteiger partial charge in [0.25, 0.3) is 0 Å². The molecule has 1 heterocycles. The van der Waals surface area contributed by atoms with Crippen molar-refractivity contribution in [3.05, 3.63) is 15.9 Å². The molecule has 17 heavy (non-hydrogen) atoms. The molecule has 1 saturated carbocycles. The van der Waals surface area contributed by atoms with Gasteiger partial charge in [0.05, 0.1) is 22.0 Å². The minimum atomic E-state index is -0.184. The summed E-state index contributed by atoms with van der Waals surface area (Å²) in [6, 6.07) is 0.375. The van der Waals surface area contributed by atoms with E-state index in [9.17, 15) is 5.11 Å². The molecular formula is C12H20BrN3O. The van der Waals surface area contributed by atoms with Crippen LogP contribution in [0.15, 0.2) is 4.47 Å². The molecule has 0 aromatic carbocycles. The number of hydrogen-bond donors (Lipinski definition) is 2. The second-order valence-corrected chi connectivity index (χ2v) is 6.27. The van der Waals surface area contributed by atoms with E-state index in [4.69, 9.17) is 0 Å². The van der Waals surface area contributed by atoms with Crippen molar-refractivity contribution in [3.8, 4) is 0 Å². The van der Waals surface area contributed by atoms with Gasteiger partial charge in [-0.3, -0.25) is 4.68 Å². The molecule has 96 valence electrons. The quantitative estimate of drug-likeness (QED) is 0.894. The van der Waals surface area contributed by atoms with Gasteiger partial charge >= 0.3 is 0 Å². The van der Waals surface area contributed by atoms with E-state index in [0.29, 0.717) is 6.04 Å². The van der Waals surface area contributed by atoms with E-state index in [-0.39, 0.29) is 11.5 Å². The van der Waals surface area contributed by atoms with Crippen LogP contribution in [-0.2, 0) is 13.6 Å². The Balaban J connectivity index is 2.00. The number of aliphatic hydroxyl groups is 1. The molecule has 5 heteroatoms. The van der Waals surface area contributed by atoms with Crippen molar-refractivity contribution in [3.63, 3.8) is 0 Å². The van der Waals surface area contributed by atoms with E-state index in [1.54, 1.807) is 0 Å². The maximum Gasteiger partial charge on any atom is 0.0739 e. The zero-order valence-electron chi connectivity index (χ0n) is 10.8. The number of hydrogen-bond acceptors (Lipinski definition) is 3. The van der Waals surface area contributed by atoms with Crippen LogP contribution in [0.4, 0.5) is 0 Å². The summed E-state index contributed by atoms with van der Waals surface area (Å²) >= 11 is 3.56. The molecule has 0 amide bonds. The fourth-order valence-electron chi connectivity index (χ4n) is 2.34. The second-order valence-electron chi connectivity index (χ2n) is 5.48. The van der Waals surface area contributed by atoms with Gasteiger partial charge in [0, 0.05) is 25.0 Å². The van der Waals surface area contributed by atoms with Gasteiger partial charge in [-0.25, -0.2) is 0 Å². The van der Waals surface area contributed by atoms with Crippen LogP contribution in [-0.4, -0.2) is 27.0 Å². The van der Waals surface area contributed by atoms with Gasteiger partial charge in [0.1, 0.15) is 0 Å². The summed E-state index contributed by atoms with van der Waals surface area (Å²) in [4.78, 5) is 0. The van der Waals surface area contributed by atoms with E-state index in [1.807, 2.05) is 18.7 Å². The lowest BCUT2D eigenvalue weighted by molar-refractivity contribution is -0.0731. The first kappa shape index (κ1) is 13.1. The Hall–Kier alpha value is -0.390. The molecule has 2 unspecified atom stereocenters. The zero-order chi connectivity index (χ0) is 12.8. The Bertz CT molecular complexity index is 428. The average molecular weight is 302 g/mol. The predicted molar refractivity (Wildman–Crippen MR) is 70.7 cm³/mol. The largest absolute Gasteiger partial charge is 0.392 e. The number of aromatic nitrogens is 2. The predicted octanol–water partition coefficient (Wildman–Crippen LogP) is 1.74. The normalized spacial score (nSPS) is 26.9. The van der Waals surface area contributed by atoms with Gasteiger partial charge in [-0.2, -0.15) is 5.10 Å². The molecule has 0 spiro atoms. The number of aliphatic hydroxyl groups excluding tert-OH is 1. The van der Waals surface area contributed by atoms with Crippen molar-refractivity contribution in [1.82, 2.24) is 15.1 Å². The van der Waals surface area contributed by atoms with Crippen LogP contribution in [0, 0.1) is 12.3 Å². The van der Waals surface area contributed by atoms with E-state index in [0.717, 1.165) is 28.8 Å². The monoisotopic (exact) mass is 301 g/mol. The van der Waals surface area contributed by atoms with Gasteiger partial charge in [0.15, 0.2) is 0 Å². The highest BCUT2D eigenvalue weighted by Gasteiger charge is 2.46. The highest BCUT2D eigenvalue weighted by molar-refractivity contribution is 9.10. The number of nitrogens with one attached hydrogen (secondary N) is 1. The first-order valence-corrected chi connectivity index (χ1v) is 6.72. The van der Waals surface area contributed by atoms with Crippen molar-refractivity contribution < 1.29 is 5.11 Å². The van der Waals surface area contributed by atoms with E-state index < -0.39 is 0 Å². The summed E-state index contributed by atoms with van der Waals surface area (Å²) in [5, 5.41) is 17.6. The average Bonchev–Trinajstić information content (AvgIpc) is 2.49. The van der Waals surface area contributed by atoms with Crippen molar-refractivity contribution in [1.29, 1.82) is 0 Å². The fourth-order valence-corrected chi connectivity index (χ4v) is 2.82. The fraction of sp³-hybridized carbons (Fsp3) is 0.750. The third kappa shape index (κ3) is 2.16. The molecule has 1 aliphatic carbocycles. The topological polar surface area (TPSA) is 50.1 Å². The summed E-state index contributed by atoms with van der Waals surface area (Å²) in [7, 11) is 1.95.